The molecule has 1 N–H and O–H groups in total. The molecule has 0 unspecified atom stereocenters. The van der Waals surface area contributed by atoms with Gasteiger partial charge in [0.1, 0.15) is 5.82 Å². The summed E-state index contributed by atoms with van der Waals surface area (Å²) in [5.41, 5.74) is 2.91. The largest absolute Gasteiger partial charge is 0.327 e. The first-order valence-electron chi connectivity index (χ1n) is 11.3. The molecule has 1 aliphatic carbocycles. The van der Waals surface area contributed by atoms with Crippen LogP contribution in [0.15, 0.2) is 72.9 Å². The van der Waals surface area contributed by atoms with E-state index in [4.69, 9.17) is 0 Å². The Kier molecular flexibility index (Phi) is 5.25. The average molecular weight is 426 g/mol. The molecule has 1 spiro atoms. The lowest BCUT2D eigenvalue weighted by molar-refractivity contribution is -0.121. The number of nitrogens with zero attached hydrogens (tertiary/aromatic N) is 2. The first-order chi connectivity index (χ1) is 15.6. The first-order valence-corrected chi connectivity index (χ1v) is 11.3. The Balaban J connectivity index is 1.61. The molecule has 5 rings (SSSR count). The van der Waals surface area contributed by atoms with Crippen molar-refractivity contribution in [3.63, 3.8) is 0 Å². The number of aromatic nitrogens is 1. The van der Waals surface area contributed by atoms with Crippen LogP contribution in [0.1, 0.15) is 58.6 Å². The number of aryl methyl sites for hydroxylation is 1. The number of hydrogen-bond donors (Lipinski definition) is 1. The van der Waals surface area contributed by atoms with Gasteiger partial charge in [-0.3, -0.25) is 9.59 Å². The first kappa shape index (κ1) is 20.4. The smallest absolute Gasteiger partial charge is 0.254 e. The minimum atomic E-state index is -0.534. The van der Waals surface area contributed by atoms with Gasteiger partial charge in [0.25, 0.3) is 5.91 Å². The van der Waals surface area contributed by atoms with E-state index in [9.17, 15) is 9.59 Å². The number of fused-ring (bicyclic) bond motifs is 1. The monoisotopic (exact) mass is 425 g/mol. The van der Waals surface area contributed by atoms with Crippen molar-refractivity contribution in [2.75, 3.05) is 5.32 Å². The molecule has 5 nitrogen and oxygen atoms in total. The fourth-order valence-electron chi connectivity index (χ4n) is 5.47. The van der Waals surface area contributed by atoms with E-state index >= 15 is 0 Å². The molecule has 3 aromatic rings. The van der Waals surface area contributed by atoms with Gasteiger partial charge in [-0.1, -0.05) is 67.4 Å². The molecular formula is C27H27N3O2. The topological polar surface area (TPSA) is 62.3 Å². The zero-order valence-electron chi connectivity index (χ0n) is 18.3. The van der Waals surface area contributed by atoms with Crippen molar-refractivity contribution < 1.29 is 9.59 Å². The molecule has 2 heterocycles. The van der Waals surface area contributed by atoms with E-state index in [2.05, 4.69) is 10.3 Å². The standard InChI is InChI=1S/C27H27N3O2/c1-19-10-9-17-28-24(19)29-25(31)23-21-13-5-6-14-22(21)26(32)30(27(23)15-7-8-16-27)18-20-11-3-2-4-12-20/h2-6,9-14,17,23H,7-8,15-16,18H2,1H3,(H,28,29,31)/t23-/m0/s1. The zero-order chi connectivity index (χ0) is 22.1. The molecular weight excluding hydrogens is 398 g/mol. The number of amides is 2. The Bertz CT molecular complexity index is 1150. The summed E-state index contributed by atoms with van der Waals surface area (Å²) in [6, 6.07) is 21.5. The van der Waals surface area contributed by atoms with Gasteiger partial charge in [-0.25, -0.2) is 4.98 Å². The van der Waals surface area contributed by atoms with E-state index < -0.39 is 11.5 Å². The molecule has 2 aliphatic rings. The predicted molar refractivity (Wildman–Crippen MR) is 124 cm³/mol. The molecule has 162 valence electrons. The molecule has 32 heavy (non-hydrogen) atoms. The SMILES string of the molecule is Cc1cccnc1NC(=O)[C@@H]1c2ccccc2C(=O)N(Cc2ccccc2)C12CCCC2. The van der Waals surface area contributed by atoms with Crippen LogP contribution in [0.2, 0.25) is 0 Å². The molecule has 0 radical (unpaired) electrons. The third-order valence-electron chi connectivity index (χ3n) is 6.99. The van der Waals surface area contributed by atoms with Crippen LogP contribution in [0.5, 0.6) is 0 Å². The van der Waals surface area contributed by atoms with Crippen molar-refractivity contribution in [2.45, 2.75) is 50.6 Å². The number of carbonyl (C=O) groups is 2. The lowest BCUT2D eigenvalue weighted by Crippen LogP contribution is -2.59. The molecule has 0 bridgehead atoms. The van der Waals surface area contributed by atoms with Crippen LogP contribution < -0.4 is 5.32 Å². The van der Waals surface area contributed by atoms with Crippen LogP contribution in [0.3, 0.4) is 0 Å². The summed E-state index contributed by atoms with van der Waals surface area (Å²) in [4.78, 5) is 34.0. The van der Waals surface area contributed by atoms with Crippen LogP contribution in [0.25, 0.3) is 0 Å². The quantitative estimate of drug-likeness (QED) is 0.634. The highest BCUT2D eigenvalue weighted by atomic mass is 16.2. The minimum Gasteiger partial charge on any atom is -0.327 e. The molecule has 2 amide bonds. The molecule has 1 fully saturated rings. The van der Waals surface area contributed by atoms with Gasteiger partial charge < -0.3 is 10.2 Å². The Morgan fingerprint density at radius 2 is 1.75 bits per heavy atom. The number of rotatable bonds is 4. The van der Waals surface area contributed by atoms with Gasteiger partial charge in [0, 0.05) is 18.3 Å². The molecule has 5 heteroatoms. The van der Waals surface area contributed by atoms with E-state index in [1.54, 1.807) is 6.20 Å². The van der Waals surface area contributed by atoms with E-state index in [0.717, 1.165) is 42.4 Å². The van der Waals surface area contributed by atoms with E-state index in [0.29, 0.717) is 17.9 Å². The van der Waals surface area contributed by atoms with E-state index in [1.807, 2.05) is 78.6 Å². The van der Waals surface area contributed by atoms with Gasteiger partial charge in [-0.15, -0.1) is 0 Å². The lowest BCUT2D eigenvalue weighted by Gasteiger charge is -2.50. The zero-order valence-corrected chi connectivity index (χ0v) is 18.3. The molecule has 1 aliphatic heterocycles. The van der Waals surface area contributed by atoms with Gasteiger partial charge >= 0.3 is 0 Å². The second kappa shape index (κ2) is 8.23. The number of hydrogen-bond acceptors (Lipinski definition) is 3. The molecule has 1 aromatic heterocycles. The van der Waals surface area contributed by atoms with Crippen LogP contribution in [-0.4, -0.2) is 27.2 Å². The van der Waals surface area contributed by atoms with Crippen molar-refractivity contribution >= 4 is 17.6 Å². The van der Waals surface area contributed by atoms with Crippen molar-refractivity contribution in [2.24, 2.45) is 0 Å². The summed E-state index contributed by atoms with van der Waals surface area (Å²) < 4.78 is 0. The van der Waals surface area contributed by atoms with E-state index in [-0.39, 0.29) is 11.8 Å². The Morgan fingerprint density at radius 3 is 2.50 bits per heavy atom. The summed E-state index contributed by atoms with van der Waals surface area (Å²) in [6.07, 6.45) is 5.34. The highest BCUT2D eigenvalue weighted by molar-refractivity contribution is 6.05. The average Bonchev–Trinajstić information content (AvgIpc) is 3.29. The van der Waals surface area contributed by atoms with Crippen molar-refractivity contribution in [3.05, 3.63) is 95.2 Å². The summed E-state index contributed by atoms with van der Waals surface area (Å²) in [5.74, 6) is 0.0646. The van der Waals surface area contributed by atoms with Crippen molar-refractivity contribution in [1.29, 1.82) is 0 Å². The third-order valence-corrected chi connectivity index (χ3v) is 6.99. The maximum atomic E-state index is 13.9. The highest BCUT2D eigenvalue weighted by Gasteiger charge is 2.55. The predicted octanol–water partition coefficient (Wildman–Crippen LogP) is 5.08. The lowest BCUT2D eigenvalue weighted by atomic mass is 9.71. The maximum Gasteiger partial charge on any atom is 0.254 e. The molecule has 2 aromatic carbocycles. The summed E-state index contributed by atoms with van der Waals surface area (Å²) in [6.45, 7) is 2.44. The highest BCUT2D eigenvalue weighted by Crippen LogP contribution is 2.51. The van der Waals surface area contributed by atoms with Crippen molar-refractivity contribution in [3.8, 4) is 0 Å². The number of anilines is 1. The van der Waals surface area contributed by atoms with Crippen LogP contribution in [0, 0.1) is 6.92 Å². The van der Waals surface area contributed by atoms with Gasteiger partial charge in [-0.2, -0.15) is 0 Å². The van der Waals surface area contributed by atoms with Crippen LogP contribution in [0.4, 0.5) is 5.82 Å². The summed E-state index contributed by atoms with van der Waals surface area (Å²) in [7, 11) is 0. The van der Waals surface area contributed by atoms with Crippen molar-refractivity contribution in [1.82, 2.24) is 9.88 Å². The summed E-state index contributed by atoms with van der Waals surface area (Å²) in [5, 5.41) is 3.08. The summed E-state index contributed by atoms with van der Waals surface area (Å²) >= 11 is 0. The Morgan fingerprint density at radius 1 is 1.03 bits per heavy atom. The third kappa shape index (κ3) is 3.38. The maximum absolute atomic E-state index is 13.9. The van der Waals surface area contributed by atoms with Gasteiger partial charge in [0.05, 0.1) is 11.5 Å². The normalized spacial score (nSPS) is 19.1. The molecule has 1 saturated carbocycles. The van der Waals surface area contributed by atoms with Gasteiger partial charge in [0.2, 0.25) is 5.91 Å². The Hall–Kier alpha value is -3.47. The fourth-order valence-corrected chi connectivity index (χ4v) is 5.47. The number of carbonyl (C=O) groups excluding carboxylic acids is 2. The number of pyridine rings is 1. The van der Waals surface area contributed by atoms with E-state index in [1.165, 1.54) is 0 Å². The number of benzene rings is 2. The molecule has 1 atom stereocenters. The minimum absolute atomic E-state index is 0.0180. The van der Waals surface area contributed by atoms with Gasteiger partial charge in [-0.05, 0) is 48.6 Å². The van der Waals surface area contributed by atoms with Crippen LogP contribution in [-0.2, 0) is 11.3 Å². The van der Waals surface area contributed by atoms with Gasteiger partial charge in [0.15, 0.2) is 0 Å². The molecule has 0 saturated heterocycles. The van der Waals surface area contributed by atoms with Crippen LogP contribution >= 0.6 is 0 Å². The number of nitrogens with one attached hydrogen (secondary N) is 1. The second-order valence-electron chi connectivity index (χ2n) is 8.87. The fraction of sp³-hybridized carbons (Fsp3) is 0.296. The second-order valence-corrected chi connectivity index (χ2v) is 8.87. The Labute approximate surface area is 188 Å².